The third-order valence-corrected chi connectivity index (χ3v) is 3.27. The highest BCUT2D eigenvalue weighted by Crippen LogP contribution is 2.40. The molecule has 90 valence electrons. The zero-order valence-corrected chi connectivity index (χ0v) is 9.67. The maximum Gasteiger partial charge on any atom is 0.214 e. The molecule has 18 heavy (non-hydrogen) atoms. The molecule has 2 aromatic rings. The van der Waals surface area contributed by atoms with E-state index in [2.05, 4.69) is 5.32 Å². The highest BCUT2D eigenvalue weighted by molar-refractivity contribution is 5.73. The molecule has 0 fully saturated rings. The van der Waals surface area contributed by atoms with Crippen LogP contribution in [0.4, 0.5) is 11.4 Å². The molecule has 4 nitrogen and oxygen atoms in total. The zero-order chi connectivity index (χ0) is 12.5. The van der Waals surface area contributed by atoms with Crippen molar-refractivity contribution < 1.29 is 4.92 Å². The monoisotopic (exact) mass is 240 g/mol. The molecule has 1 aliphatic rings. The van der Waals surface area contributed by atoms with Gasteiger partial charge in [-0.1, -0.05) is 36.4 Å². The Hall–Kier alpha value is -2.36. The second-order valence-corrected chi connectivity index (χ2v) is 4.37. The summed E-state index contributed by atoms with van der Waals surface area (Å²) in [6.45, 7) is -0.0737. The number of nitro groups is 1. The fourth-order valence-corrected chi connectivity index (χ4v) is 2.49. The van der Waals surface area contributed by atoms with Gasteiger partial charge in [-0.15, -0.1) is 0 Å². The number of fused-ring (bicyclic) bond motifs is 2. The Balaban J connectivity index is 2.14. The molecule has 4 heteroatoms. The SMILES string of the molecule is O=[N+]([O-])CC1c2ccccc2Nc2ccccc21. The lowest BCUT2D eigenvalue weighted by molar-refractivity contribution is -0.481. The predicted octanol–water partition coefficient (Wildman–Crippen LogP) is 3.15. The van der Waals surface area contributed by atoms with Crippen molar-refractivity contribution >= 4 is 11.4 Å². The summed E-state index contributed by atoms with van der Waals surface area (Å²) in [6, 6.07) is 15.5. The molecule has 3 rings (SSSR count). The summed E-state index contributed by atoms with van der Waals surface area (Å²) in [4.78, 5) is 10.6. The first-order chi connectivity index (χ1) is 8.75. The van der Waals surface area contributed by atoms with Gasteiger partial charge in [0.15, 0.2) is 0 Å². The molecule has 0 bridgehead atoms. The van der Waals surface area contributed by atoms with Crippen molar-refractivity contribution in [2.75, 3.05) is 11.9 Å². The number of hydrogen-bond acceptors (Lipinski definition) is 3. The van der Waals surface area contributed by atoms with E-state index >= 15 is 0 Å². The Morgan fingerprint density at radius 2 is 1.50 bits per heavy atom. The minimum Gasteiger partial charge on any atom is -0.355 e. The number of hydrogen-bond donors (Lipinski definition) is 1. The topological polar surface area (TPSA) is 55.2 Å². The van der Waals surface area contributed by atoms with Crippen LogP contribution in [0, 0.1) is 10.1 Å². The lowest BCUT2D eigenvalue weighted by Crippen LogP contribution is -2.19. The van der Waals surface area contributed by atoms with Crippen molar-refractivity contribution in [3.63, 3.8) is 0 Å². The van der Waals surface area contributed by atoms with Crippen LogP contribution < -0.4 is 5.32 Å². The predicted molar refractivity (Wildman–Crippen MR) is 69.9 cm³/mol. The van der Waals surface area contributed by atoms with Crippen LogP contribution in [0.2, 0.25) is 0 Å². The number of rotatable bonds is 2. The first kappa shape index (κ1) is 10.8. The minimum atomic E-state index is -0.246. The standard InChI is InChI=1S/C14H12N2O2/c17-16(18)9-12-10-5-1-3-7-13(10)15-14-8-4-2-6-11(12)14/h1-8,12,15H,9H2. The third-order valence-electron chi connectivity index (χ3n) is 3.27. The molecule has 1 heterocycles. The van der Waals surface area contributed by atoms with E-state index in [-0.39, 0.29) is 17.4 Å². The van der Waals surface area contributed by atoms with Gasteiger partial charge in [0.2, 0.25) is 6.54 Å². The van der Waals surface area contributed by atoms with Crippen molar-refractivity contribution in [3.05, 3.63) is 69.8 Å². The van der Waals surface area contributed by atoms with Crippen LogP contribution in [0.3, 0.4) is 0 Å². The molecule has 0 unspecified atom stereocenters. The van der Waals surface area contributed by atoms with Crippen LogP contribution >= 0.6 is 0 Å². The molecule has 0 aliphatic carbocycles. The van der Waals surface area contributed by atoms with Gasteiger partial charge in [0.1, 0.15) is 0 Å². The van der Waals surface area contributed by atoms with Crippen molar-refractivity contribution in [3.8, 4) is 0 Å². The van der Waals surface area contributed by atoms with Gasteiger partial charge in [-0.3, -0.25) is 10.1 Å². The molecular formula is C14H12N2O2. The summed E-state index contributed by atoms with van der Waals surface area (Å²) in [5.74, 6) is -0.173. The molecule has 0 radical (unpaired) electrons. The van der Waals surface area contributed by atoms with Gasteiger partial charge in [-0.25, -0.2) is 0 Å². The van der Waals surface area contributed by atoms with Crippen LogP contribution in [0.1, 0.15) is 17.0 Å². The van der Waals surface area contributed by atoms with Crippen molar-refractivity contribution in [1.82, 2.24) is 0 Å². The van der Waals surface area contributed by atoms with E-state index in [4.69, 9.17) is 0 Å². The van der Waals surface area contributed by atoms with E-state index in [1.165, 1.54) is 0 Å². The Morgan fingerprint density at radius 3 is 2.00 bits per heavy atom. The lowest BCUT2D eigenvalue weighted by atomic mass is 9.86. The maximum absolute atomic E-state index is 10.9. The average molecular weight is 240 g/mol. The van der Waals surface area contributed by atoms with Gasteiger partial charge >= 0.3 is 0 Å². The van der Waals surface area contributed by atoms with Crippen molar-refractivity contribution in [2.45, 2.75) is 5.92 Å². The average Bonchev–Trinajstić information content (AvgIpc) is 2.38. The molecule has 0 spiro atoms. The van der Waals surface area contributed by atoms with Crippen molar-refractivity contribution in [1.29, 1.82) is 0 Å². The summed E-state index contributed by atoms with van der Waals surface area (Å²) in [7, 11) is 0. The maximum atomic E-state index is 10.9. The lowest BCUT2D eigenvalue weighted by Gasteiger charge is -2.26. The van der Waals surface area contributed by atoms with Gasteiger partial charge in [0.25, 0.3) is 0 Å². The third kappa shape index (κ3) is 1.72. The second-order valence-electron chi connectivity index (χ2n) is 4.37. The Kier molecular flexibility index (Phi) is 2.48. The molecule has 1 N–H and O–H groups in total. The summed E-state index contributed by atoms with van der Waals surface area (Å²) < 4.78 is 0. The Morgan fingerprint density at radius 1 is 1.00 bits per heavy atom. The highest BCUT2D eigenvalue weighted by Gasteiger charge is 2.28. The van der Waals surface area contributed by atoms with Gasteiger partial charge in [-0.05, 0) is 23.3 Å². The van der Waals surface area contributed by atoms with Crippen LogP contribution in [0.5, 0.6) is 0 Å². The van der Waals surface area contributed by atoms with E-state index < -0.39 is 0 Å². The minimum absolute atomic E-state index is 0.0737. The van der Waals surface area contributed by atoms with Gasteiger partial charge in [0, 0.05) is 16.3 Å². The fraction of sp³-hybridized carbons (Fsp3) is 0.143. The van der Waals surface area contributed by atoms with Gasteiger partial charge < -0.3 is 5.32 Å². The molecule has 0 saturated heterocycles. The molecule has 0 aromatic heterocycles. The van der Waals surface area contributed by atoms with Crippen LogP contribution in [0.15, 0.2) is 48.5 Å². The van der Waals surface area contributed by atoms with Crippen LogP contribution in [0.25, 0.3) is 0 Å². The molecule has 0 saturated carbocycles. The number of anilines is 2. The van der Waals surface area contributed by atoms with E-state index in [1.807, 2.05) is 48.5 Å². The first-order valence-electron chi connectivity index (χ1n) is 5.82. The normalized spacial score (nSPS) is 13.3. The van der Waals surface area contributed by atoms with E-state index in [1.54, 1.807) is 0 Å². The summed E-state index contributed by atoms with van der Waals surface area (Å²) in [6.07, 6.45) is 0. The van der Waals surface area contributed by atoms with Crippen molar-refractivity contribution in [2.24, 2.45) is 0 Å². The van der Waals surface area contributed by atoms with E-state index in [9.17, 15) is 10.1 Å². The summed E-state index contributed by atoms with van der Waals surface area (Å²) in [5.41, 5.74) is 3.91. The number of para-hydroxylation sites is 2. The van der Waals surface area contributed by atoms with Crippen LogP contribution in [-0.2, 0) is 0 Å². The first-order valence-corrected chi connectivity index (χ1v) is 5.82. The summed E-state index contributed by atoms with van der Waals surface area (Å²) in [5, 5.41) is 14.2. The van der Waals surface area contributed by atoms with Gasteiger partial charge in [0.05, 0.1) is 5.92 Å². The molecule has 0 atom stereocenters. The number of nitrogens with zero attached hydrogens (tertiary/aromatic N) is 1. The Labute approximate surface area is 104 Å². The quantitative estimate of drug-likeness (QED) is 0.648. The Bertz CT molecular complexity index is 565. The number of nitrogens with one attached hydrogen (secondary N) is 1. The highest BCUT2D eigenvalue weighted by atomic mass is 16.6. The molecule has 1 aliphatic heterocycles. The summed E-state index contributed by atoms with van der Waals surface area (Å²) >= 11 is 0. The number of benzene rings is 2. The van der Waals surface area contributed by atoms with Gasteiger partial charge in [-0.2, -0.15) is 0 Å². The van der Waals surface area contributed by atoms with E-state index in [0.717, 1.165) is 22.5 Å². The smallest absolute Gasteiger partial charge is 0.214 e. The largest absolute Gasteiger partial charge is 0.355 e. The molecule has 0 amide bonds. The second kappa shape index (κ2) is 4.14. The molecule has 2 aromatic carbocycles. The zero-order valence-electron chi connectivity index (χ0n) is 9.67. The van der Waals surface area contributed by atoms with Crippen LogP contribution in [-0.4, -0.2) is 11.5 Å². The van der Waals surface area contributed by atoms with E-state index in [0.29, 0.717) is 0 Å². The fourth-order valence-electron chi connectivity index (χ4n) is 2.49. The molecular weight excluding hydrogens is 228 g/mol.